The summed E-state index contributed by atoms with van der Waals surface area (Å²) in [5.74, 6) is 0.304. The molecule has 0 aromatic heterocycles. The van der Waals surface area contributed by atoms with Crippen molar-refractivity contribution in [1.82, 2.24) is 0 Å². The summed E-state index contributed by atoms with van der Waals surface area (Å²) in [5, 5.41) is 9.58. The van der Waals surface area contributed by atoms with Gasteiger partial charge < -0.3 is 10.0 Å². The van der Waals surface area contributed by atoms with Gasteiger partial charge in [0.15, 0.2) is 6.29 Å². The zero-order valence-electron chi connectivity index (χ0n) is 8.90. The van der Waals surface area contributed by atoms with Gasteiger partial charge in [-0.05, 0) is 18.6 Å². The molecule has 0 saturated carbocycles. The van der Waals surface area contributed by atoms with Gasteiger partial charge in [-0.2, -0.15) is 0 Å². The first-order valence-corrected chi connectivity index (χ1v) is 5.73. The molecule has 1 saturated heterocycles. The van der Waals surface area contributed by atoms with E-state index in [9.17, 15) is 4.79 Å². The highest BCUT2D eigenvalue weighted by Crippen LogP contribution is 2.29. The Labute approximate surface area is 99.6 Å². The normalized spacial score (nSPS) is 20.1. The van der Waals surface area contributed by atoms with E-state index in [4.69, 9.17) is 16.7 Å². The van der Waals surface area contributed by atoms with E-state index < -0.39 is 0 Å². The maximum atomic E-state index is 11.0. The molecule has 3 nitrogen and oxygen atoms in total. The molecule has 0 amide bonds. The molecule has 86 valence electrons. The van der Waals surface area contributed by atoms with Crippen LogP contribution < -0.4 is 4.90 Å². The van der Waals surface area contributed by atoms with Gasteiger partial charge in [0.05, 0.1) is 10.6 Å². The number of halogens is 1. The third-order valence-corrected chi connectivity index (χ3v) is 3.36. The van der Waals surface area contributed by atoms with Crippen LogP contribution in [0.3, 0.4) is 0 Å². The van der Waals surface area contributed by atoms with E-state index in [-0.39, 0.29) is 6.61 Å². The summed E-state index contributed by atoms with van der Waals surface area (Å²) in [4.78, 5) is 13.1. The predicted molar refractivity (Wildman–Crippen MR) is 64.2 cm³/mol. The van der Waals surface area contributed by atoms with Crippen molar-refractivity contribution in [3.63, 3.8) is 0 Å². The standard InChI is InChI=1S/C12H14ClNO2/c13-11-2-1-3-12(10(11)8-16)14-5-4-9(6-14)7-15/h1-3,8-9,15H,4-7H2. The zero-order chi connectivity index (χ0) is 11.5. The lowest BCUT2D eigenvalue weighted by atomic mass is 10.1. The van der Waals surface area contributed by atoms with E-state index in [1.165, 1.54) is 0 Å². The molecule has 1 heterocycles. The first-order valence-electron chi connectivity index (χ1n) is 5.35. The number of rotatable bonds is 3. The Morgan fingerprint density at radius 1 is 1.56 bits per heavy atom. The Morgan fingerprint density at radius 3 is 3.00 bits per heavy atom. The molecule has 1 fully saturated rings. The van der Waals surface area contributed by atoms with Crippen LogP contribution in [-0.2, 0) is 0 Å². The van der Waals surface area contributed by atoms with Gasteiger partial charge in [-0.25, -0.2) is 0 Å². The summed E-state index contributed by atoms with van der Waals surface area (Å²) >= 11 is 5.97. The van der Waals surface area contributed by atoms with Gasteiger partial charge in [-0.1, -0.05) is 17.7 Å². The average molecular weight is 240 g/mol. The second kappa shape index (κ2) is 4.85. The van der Waals surface area contributed by atoms with E-state index in [0.717, 1.165) is 31.5 Å². The molecule has 1 aromatic carbocycles. The van der Waals surface area contributed by atoms with Gasteiger partial charge in [0.25, 0.3) is 0 Å². The number of aliphatic hydroxyl groups is 1. The largest absolute Gasteiger partial charge is 0.396 e. The fourth-order valence-corrected chi connectivity index (χ4v) is 2.33. The second-order valence-corrected chi connectivity index (χ2v) is 4.48. The van der Waals surface area contributed by atoms with E-state index in [1.54, 1.807) is 6.07 Å². The first kappa shape index (κ1) is 11.4. The van der Waals surface area contributed by atoms with Crippen LogP contribution in [0.5, 0.6) is 0 Å². The van der Waals surface area contributed by atoms with Crippen molar-refractivity contribution < 1.29 is 9.90 Å². The number of hydrogen-bond acceptors (Lipinski definition) is 3. The maximum Gasteiger partial charge on any atom is 0.153 e. The molecule has 16 heavy (non-hydrogen) atoms. The Hall–Kier alpha value is -1.06. The first-order chi connectivity index (χ1) is 7.76. The van der Waals surface area contributed by atoms with E-state index >= 15 is 0 Å². The van der Waals surface area contributed by atoms with Gasteiger partial charge in [-0.15, -0.1) is 0 Å². The molecule has 4 heteroatoms. The molecule has 1 atom stereocenters. The highest BCUT2D eigenvalue weighted by Gasteiger charge is 2.24. The molecule has 1 aromatic rings. The Kier molecular flexibility index (Phi) is 3.46. The summed E-state index contributed by atoms with van der Waals surface area (Å²) in [6.07, 6.45) is 1.76. The molecule has 1 aliphatic heterocycles. The lowest BCUT2D eigenvalue weighted by molar-refractivity contribution is 0.112. The van der Waals surface area contributed by atoms with Crippen LogP contribution in [0, 0.1) is 5.92 Å². The van der Waals surface area contributed by atoms with Crippen molar-refractivity contribution in [3.05, 3.63) is 28.8 Å². The summed E-state index contributed by atoms with van der Waals surface area (Å²) < 4.78 is 0. The zero-order valence-corrected chi connectivity index (χ0v) is 9.65. The Morgan fingerprint density at radius 2 is 2.38 bits per heavy atom. The highest BCUT2D eigenvalue weighted by molar-refractivity contribution is 6.33. The monoisotopic (exact) mass is 239 g/mol. The summed E-state index contributed by atoms with van der Waals surface area (Å²) in [6.45, 7) is 1.86. The smallest absolute Gasteiger partial charge is 0.153 e. The Balaban J connectivity index is 2.27. The Bertz CT molecular complexity index is 395. The molecule has 0 aliphatic carbocycles. The van der Waals surface area contributed by atoms with Crippen LogP contribution in [0.2, 0.25) is 5.02 Å². The van der Waals surface area contributed by atoms with Crippen LogP contribution >= 0.6 is 11.6 Å². The van der Waals surface area contributed by atoms with E-state index in [1.807, 2.05) is 12.1 Å². The number of benzene rings is 1. The SMILES string of the molecule is O=Cc1c(Cl)cccc1N1CCC(CO)C1. The van der Waals surface area contributed by atoms with Gasteiger partial charge >= 0.3 is 0 Å². The molecule has 1 N–H and O–H groups in total. The van der Waals surface area contributed by atoms with Crippen molar-refractivity contribution in [1.29, 1.82) is 0 Å². The number of anilines is 1. The third kappa shape index (κ3) is 2.06. The summed E-state index contributed by atoms with van der Waals surface area (Å²) in [5.41, 5.74) is 1.42. The number of carbonyl (C=O) groups is 1. The molecule has 2 rings (SSSR count). The average Bonchev–Trinajstić information content (AvgIpc) is 2.77. The van der Waals surface area contributed by atoms with Crippen LogP contribution in [0.4, 0.5) is 5.69 Å². The molecule has 0 spiro atoms. The summed E-state index contributed by atoms with van der Waals surface area (Å²) in [7, 11) is 0. The lowest BCUT2D eigenvalue weighted by Gasteiger charge is -2.20. The van der Waals surface area contributed by atoms with Crippen molar-refractivity contribution in [3.8, 4) is 0 Å². The quantitative estimate of drug-likeness (QED) is 0.820. The molecule has 0 radical (unpaired) electrons. The topological polar surface area (TPSA) is 40.5 Å². The number of aldehydes is 1. The second-order valence-electron chi connectivity index (χ2n) is 4.07. The van der Waals surface area contributed by atoms with Gasteiger partial charge in [0, 0.05) is 31.3 Å². The van der Waals surface area contributed by atoms with Crippen LogP contribution in [0.25, 0.3) is 0 Å². The van der Waals surface area contributed by atoms with Crippen molar-refractivity contribution >= 4 is 23.6 Å². The number of carbonyl (C=O) groups excluding carboxylic acids is 1. The number of hydrogen-bond donors (Lipinski definition) is 1. The molecule has 1 unspecified atom stereocenters. The van der Waals surface area contributed by atoms with Gasteiger partial charge in [0.2, 0.25) is 0 Å². The minimum Gasteiger partial charge on any atom is -0.396 e. The van der Waals surface area contributed by atoms with Gasteiger partial charge in [-0.3, -0.25) is 4.79 Å². The van der Waals surface area contributed by atoms with Crippen molar-refractivity contribution in [2.24, 2.45) is 5.92 Å². The van der Waals surface area contributed by atoms with Crippen LogP contribution in [0.15, 0.2) is 18.2 Å². The molecular weight excluding hydrogens is 226 g/mol. The highest BCUT2D eigenvalue weighted by atomic mass is 35.5. The fourth-order valence-electron chi connectivity index (χ4n) is 2.12. The van der Waals surface area contributed by atoms with Gasteiger partial charge in [0.1, 0.15) is 0 Å². The molecular formula is C12H14ClNO2. The van der Waals surface area contributed by atoms with Crippen molar-refractivity contribution in [2.75, 3.05) is 24.6 Å². The fraction of sp³-hybridized carbons (Fsp3) is 0.417. The number of aliphatic hydroxyl groups excluding tert-OH is 1. The summed E-state index contributed by atoms with van der Waals surface area (Å²) in [6, 6.07) is 5.46. The van der Waals surface area contributed by atoms with E-state index in [0.29, 0.717) is 16.5 Å². The van der Waals surface area contributed by atoms with Crippen LogP contribution in [-0.4, -0.2) is 31.1 Å². The van der Waals surface area contributed by atoms with Crippen LogP contribution in [0.1, 0.15) is 16.8 Å². The lowest BCUT2D eigenvalue weighted by Crippen LogP contribution is -2.21. The molecule has 0 bridgehead atoms. The van der Waals surface area contributed by atoms with Crippen molar-refractivity contribution in [2.45, 2.75) is 6.42 Å². The third-order valence-electron chi connectivity index (χ3n) is 3.03. The maximum absolute atomic E-state index is 11.0. The minimum absolute atomic E-state index is 0.202. The molecule has 1 aliphatic rings. The number of nitrogens with zero attached hydrogens (tertiary/aromatic N) is 1. The van der Waals surface area contributed by atoms with E-state index in [2.05, 4.69) is 4.90 Å². The minimum atomic E-state index is 0.202. The predicted octanol–water partition coefficient (Wildman–Crippen LogP) is 1.97.